The normalized spacial score (nSPS) is 20.0. The number of carbonyl (C=O) groups is 1. The lowest BCUT2D eigenvalue weighted by molar-refractivity contribution is -0.117. The van der Waals surface area contributed by atoms with Crippen LogP contribution in [0.15, 0.2) is 36.4 Å². The van der Waals surface area contributed by atoms with Crippen molar-refractivity contribution < 1.29 is 4.79 Å². The van der Waals surface area contributed by atoms with Crippen LogP contribution in [-0.4, -0.2) is 46.8 Å². The van der Waals surface area contributed by atoms with Crippen molar-refractivity contribution in [3.8, 4) is 5.69 Å². The molecular weight excluding hydrogens is 374 g/mol. The molecule has 154 valence electrons. The molecule has 1 unspecified atom stereocenters. The minimum Gasteiger partial charge on any atom is -0.330 e. The number of nitrogens with two attached hydrogens (primary N) is 1. The smallest absolute Gasteiger partial charge is 0.239 e. The van der Waals surface area contributed by atoms with Crippen LogP contribution in [0.3, 0.4) is 0 Å². The molecule has 0 spiro atoms. The lowest BCUT2D eigenvalue weighted by Gasteiger charge is -2.22. The maximum absolute atomic E-state index is 12.7. The zero-order chi connectivity index (χ0) is 19.7. The second kappa shape index (κ2) is 8.64. The van der Waals surface area contributed by atoms with Gasteiger partial charge in [-0.3, -0.25) is 9.69 Å². The summed E-state index contributed by atoms with van der Waals surface area (Å²) in [6.45, 7) is 11.3. The maximum atomic E-state index is 12.7. The molecule has 1 aliphatic heterocycles. The fourth-order valence-electron chi connectivity index (χ4n) is 3.42. The Balaban J connectivity index is 0.00000280. The van der Waals surface area contributed by atoms with Gasteiger partial charge < -0.3 is 11.1 Å². The number of halogens is 1. The van der Waals surface area contributed by atoms with E-state index in [0.717, 1.165) is 30.9 Å². The molecule has 1 aromatic carbocycles. The second-order valence-electron chi connectivity index (χ2n) is 8.94. The number of likely N-dealkylation sites (tertiary alicyclic amines) is 1. The van der Waals surface area contributed by atoms with Gasteiger partial charge in [0.15, 0.2) is 0 Å². The average Bonchev–Trinajstić information content (AvgIpc) is 3.20. The number of rotatable bonds is 5. The van der Waals surface area contributed by atoms with E-state index in [4.69, 9.17) is 10.8 Å². The Bertz CT molecular complexity index is 799. The number of para-hydroxylation sites is 1. The van der Waals surface area contributed by atoms with E-state index in [1.54, 1.807) is 0 Å². The van der Waals surface area contributed by atoms with Crippen molar-refractivity contribution in [2.45, 2.75) is 39.5 Å². The van der Waals surface area contributed by atoms with Gasteiger partial charge in [0.25, 0.3) is 0 Å². The summed E-state index contributed by atoms with van der Waals surface area (Å²) in [6, 6.07) is 11.9. The average molecular weight is 406 g/mol. The Hall–Kier alpha value is -1.89. The molecule has 7 heteroatoms. The molecule has 6 nitrogen and oxygen atoms in total. The van der Waals surface area contributed by atoms with Crippen LogP contribution in [0, 0.1) is 5.41 Å². The number of nitrogens with zero attached hydrogens (tertiary/aromatic N) is 3. The molecule has 0 bridgehead atoms. The number of amides is 1. The summed E-state index contributed by atoms with van der Waals surface area (Å²) in [5.41, 5.74) is 7.76. The number of aromatic nitrogens is 2. The van der Waals surface area contributed by atoms with Gasteiger partial charge in [0.1, 0.15) is 5.82 Å². The van der Waals surface area contributed by atoms with Crippen LogP contribution in [0.2, 0.25) is 0 Å². The zero-order valence-electron chi connectivity index (χ0n) is 17.2. The second-order valence-corrected chi connectivity index (χ2v) is 8.94. The van der Waals surface area contributed by atoms with Gasteiger partial charge in [-0.2, -0.15) is 5.10 Å². The summed E-state index contributed by atoms with van der Waals surface area (Å²) in [5, 5.41) is 7.81. The maximum Gasteiger partial charge on any atom is 0.239 e. The fourth-order valence-corrected chi connectivity index (χ4v) is 3.42. The predicted molar refractivity (Wildman–Crippen MR) is 116 cm³/mol. The first-order valence-corrected chi connectivity index (χ1v) is 9.58. The number of hydrogen-bond donors (Lipinski definition) is 2. The van der Waals surface area contributed by atoms with Gasteiger partial charge in [0.05, 0.1) is 17.9 Å². The summed E-state index contributed by atoms with van der Waals surface area (Å²) in [6.07, 6.45) is 1.03. The van der Waals surface area contributed by atoms with Crippen molar-refractivity contribution in [2.24, 2.45) is 11.1 Å². The summed E-state index contributed by atoms with van der Waals surface area (Å²) in [5.74, 6) is 0.686. The van der Waals surface area contributed by atoms with E-state index in [1.165, 1.54) is 0 Å². The highest BCUT2D eigenvalue weighted by molar-refractivity contribution is 5.91. The van der Waals surface area contributed by atoms with Gasteiger partial charge in [-0.1, -0.05) is 45.9 Å². The molecule has 0 radical (unpaired) electrons. The Morgan fingerprint density at radius 3 is 2.54 bits per heavy atom. The summed E-state index contributed by atoms with van der Waals surface area (Å²) in [4.78, 5) is 14.9. The molecular formula is C21H32ClN5O. The van der Waals surface area contributed by atoms with E-state index in [2.05, 4.69) is 37.9 Å². The van der Waals surface area contributed by atoms with E-state index < -0.39 is 0 Å². The van der Waals surface area contributed by atoms with Crippen molar-refractivity contribution in [3.05, 3.63) is 42.1 Å². The monoisotopic (exact) mass is 405 g/mol. The lowest BCUT2D eigenvalue weighted by Crippen LogP contribution is -2.35. The van der Waals surface area contributed by atoms with Crippen molar-refractivity contribution >= 4 is 24.1 Å². The quantitative estimate of drug-likeness (QED) is 0.800. The molecule has 3 rings (SSSR count). The number of hydrogen-bond acceptors (Lipinski definition) is 4. The minimum absolute atomic E-state index is 0. The van der Waals surface area contributed by atoms with Gasteiger partial charge >= 0.3 is 0 Å². The molecule has 3 N–H and O–H groups in total. The van der Waals surface area contributed by atoms with Crippen LogP contribution in [-0.2, 0) is 10.2 Å². The first-order chi connectivity index (χ1) is 12.7. The van der Waals surface area contributed by atoms with Crippen LogP contribution in [0.5, 0.6) is 0 Å². The Labute approximate surface area is 173 Å². The molecule has 1 amide bonds. The Morgan fingerprint density at radius 2 is 1.96 bits per heavy atom. The molecule has 0 saturated carbocycles. The van der Waals surface area contributed by atoms with Crippen molar-refractivity contribution in [2.75, 3.05) is 31.5 Å². The Morgan fingerprint density at radius 1 is 1.29 bits per heavy atom. The highest BCUT2D eigenvalue weighted by Gasteiger charge is 2.33. The Kier molecular flexibility index (Phi) is 6.91. The van der Waals surface area contributed by atoms with Gasteiger partial charge in [-0.25, -0.2) is 4.68 Å². The third-order valence-electron chi connectivity index (χ3n) is 5.24. The van der Waals surface area contributed by atoms with E-state index in [1.807, 2.05) is 41.1 Å². The molecule has 28 heavy (non-hydrogen) atoms. The van der Waals surface area contributed by atoms with E-state index >= 15 is 0 Å². The fraction of sp³-hybridized carbons (Fsp3) is 0.524. The standard InChI is InChI=1S/C21H31N5O.ClH/c1-20(2,3)17-12-18(26(24-17)16-8-6-5-7-9-16)23-19(27)13-25-11-10-21(4,14-22)15-25;/h5-9,12H,10-11,13-15,22H2,1-4H3,(H,23,27);1H. The topological polar surface area (TPSA) is 76.2 Å². The molecule has 2 heterocycles. The van der Waals surface area contributed by atoms with E-state index in [-0.39, 0.29) is 29.1 Å². The molecule has 1 fully saturated rings. The van der Waals surface area contributed by atoms with Crippen LogP contribution in [0.25, 0.3) is 5.69 Å². The highest BCUT2D eigenvalue weighted by atomic mass is 35.5. The van der Waals surface area contributed by atoms with Gasteiger partial charge in [0, 0.05) is 18.0 Å². The van der Waals surface area contributed by atoms with Crippen LogP contribution < -0.4 is 11.1 Å². The van der Waals surface area contributed by atoms with Gasteiger partial charge in [0.2, 0.25) is 5.91 Å². The largest absolute Gasteiger partial charge is 0.330 e. The predicted octanol–water partition coefficient (Wildman–Crippen LogP) is 3.20. The zero-order valence-corrected chi connectivity index (χ0v) is 18.1. The number of anilines is 1. The molecule has 1 aromatic heterocycles. The summed E-state index contributed by atoms with van der Waals surface area (Å²) < 4.78 is 1.81. The van der Waals surface area contributed by atoms with Crippen molar-refractivity contribution in [1.29, 1.82) is 0 Å². The third kappa shape index (κ3) is 5.13. The van der Waals surface area contributed by atoms with Gasteiger partial charge in [-0.15, -0.1) is 12.4 Å². The van der Waals surface area contributed by atoms with Crippen LogP contribution in [0.1, 0.15) is 39.8 Å². The minimum atomic E-state index is -0.0998. The number of carbonyl (C=O) groups excluding carboxylic acids is 1. The molecule has 1 atom stereocenters. The molecule has 2 aromatic rings. The van der Waals surface area contributed by atoms with E-state index in [9.17, 15) is 4.79 Å². The van der Waals surface area contributed by atoms with Gasteiger partial charge in [-0.05, 0) is 37.1 Å². The van der Waals surface area contributed by atoms with Crippen LogP contribution >= 0.6 is 12.4 Å². The van der Waals surface area contributed by atoms with Crippen molar-refractivity contribution in [3.63, 3.8) is 0 Å². The van der Waals surface area contributed by atoms with E-state index in [0.29, 0.717) is 18.9 Å². The number of benzene rings is 1. The highest BCUT2D eigenvalue weighted by Crippen LogP contribution is 2.29. The third-order valence-corrected chi connectivity index (χ3v) is 5.24. The summed E-state index contributed by atoms with van der Waals surface area (Å²) >= 11 is 0. The first-order valence-electron chi connectivity index (χ1n) is 9.58. The lowest BCUT2D eigenvalue weighted by atomic mass is 9.90. The SMILES string of the molecule is CC1(CN)CCN(CC(=O)Nc2cc(C(C)(C)C)nn2-c2ccccc2)C1.Cl. The van der Waals surface area contributed by atoms with Crippen LogP contribution in [0.4, 0.5) is 5.82 Å². The molecule has 1 saturated heterocycles. The molecule has 1 aliphatic rings. The molecule has 0 aliphatic carbocycles. The number of nitrogens with one attached hydrogen (secondary N) is 1. The summed E-state index contributed by atoms with van der Waals surface area (Å²) in [7, 11) is 0. The first kappa shape index (κ1) is 22.4. The van der Waals surface area contributed by atoms with Crippen molar-refractivity contribution in [1.82, 2.24) is 14.7 Å².